The van der Waals surface area contributed by atoms with Crippen LogP contribution in [-0.4, -0.2) is 6.10 Å². The Morgan fingerprint density at radius 2 is 2.00 bits per heavy atom. The third-order valence-electron chi connectivity index (χ3n) is 4.52. The van der Waals surface area contributed by atoms with Crippen molar-refractivity contribution < 1.29 is 4.74 Å². The van der Waals surface area contributed by atoms with Gasteiger partial charge < -0.3 is 4.74 Å². The van der Waals surface area contributed by atoms with Gasteiger partial charge in [0.2, 0.25) is 0 Å². The molecule has 1 aliphatic heterocycles. The second kappa shape index (κ2) is 3.33. The van der Waals surface area contributed by atoms with Gasteiger partial charge in [0, 0.05) is 4.47 Å². The predicted octanol–water partition coefficient (Wildman–Crippen LogP) is 4.18. The molecule has 1 heterocycles. The second-order valence-corrected chi connectivity index (χ2v) is 6.27. The van der Waals surface area contributed by atoms with Crippen LogP contribution in [0.15, 0.2) is 22.7 Å². The first-order valence-corrected chi connectivity index (χ1v) is 7.09. The molecule has 16 heavy (non-hydrogen) atoms. The maximum atomic E-state index is 5.91. The average molecular weight is 279 g/mol. The standard InChI is InChI=1S/C14H15BrO/c15-8-5-6-10-9-3-1-2-4-11(9)13-14(16-13)12(10)7-8/h5-7,9,11,13-14H,1-4H2/t9-,11+,13+,14-/m1/s1. The Morgan fingerprint density at radius 3 is 2.94 bits per heavy atom. The lowest BCUT2D eigenvalue weighted by Crippen LogP contribution is -2.27. The van der Waals surface area contributed by atoms with Crippen molar-refractivity contribution >= 4 is 15.9 Å². The fraction of sp³-hybridized carbons (Fsp3) is 0.571. The van der Waals surface area contributed by atoms with Gasteiger partial charge in [0.1, 0.15) is 6.10 Å². The highest BCUT2D eigenvalue weighted by molar-refractivity contribution is 9.10. The van der Waals surface area contributed by atoms with Crippen LogP contribution in [0.25, 0.3) is 0 Å². The number of fused-ring (bicyclic) bond motifs is 6. The third kappa shape index (κ3) is 1.26. The molecule has 3 aliphatic rings. The smallest absolute Gasteiger partial charge is 0.110 e. The van der Waals surface area contributed by atoms with Gasteiger partial charge in [-0.3, -0.25) is 0 Å². The Hall–Kier alpha value is -0.340. The number of hydrogen-bond acceptors (Lipinski definition) is 1. The Morgan fingerprint density at radius 1 is 1.12 bits per heavy atom. The zero-order chi connectivity index (χ0) is 10.7. The minimum atomic E-state index is 0.423. The van der Waals surface area contributed by atoms with E-state index in [0.29, 0.717) is 12.2 Å². The molecule has 2 aliphatic carbocycles. The van der Waals surface area contributed by atoms with Crippen LogP contribution >= 0.6 is 15.9 Å². The van der Waals surface area contributed by atoms with Gasteiger partial charge >= 0.3 is 0 Å². The van der Waals surface area contributed by atoms with Gasteiger partial charge in [0.25, 0.3) is 0 Å². The normalized spacial score (nSPS) is 39.6. The van der Waals surface area contributed by atoms with Gasteiger partial charge in [0.05, 0.1) is 6.10 Å². The summed E-state index contributed by atoms with van der Waals surface area (Å²) in [6, 6.07) is 6.78. The van der Waals surface area contributed by atoms with Crippen molar-refractivity contribution in [1.82, 2.24) is 0 Å². The summed E-state index contributed by atoms with van der Waals surface area (Å²) in [5, 5.41) is 0. The van der Waals surface area contributed by atoms with Crippen LogP contribution in [0.3, 0.4) is 0 Å². The number of halogens is 1. The van der Waals surface area contributed by atoms with Gasteiger partial charge in [-0.1, -0.05) is 34.8 Å². The molecule has 4 atom stereocenters. The van der Waals surface area contributed by atoms with Crippen LogP contribution in [0.1, 0.15) is 48.8 Å². The summed E-state index contributed by atoms with van der Waals surface area (Å²) in [6.45, 7) is 0. The Kier molecular flexibility index (Phi) is 2.01. The fourth-order valence-corrected chi connectivity index (χ4v) is 4.15. The van der Waals surface area contributed by atoms with Crippen molar-refractivity contribution in [3.63, 3.8) is 0 Å². The molecular weight excluding hydrogens is 264 g/mol. The zero-order valence-corrected chi connectivity index (χ0v) is 10.7. The molecule has 0 amide bonds. The van der Waals surface area contributed by atoms with Crippen molar-refractivity contribution in [2.24, 2.45) is 5.92 Å². The minimum absolute atomic E-state index is 0.423. The Balaban J connectivity index is 1.84. The van der Waals surface area contributed by atoms with E-state index in [4.69, 9.17) is 4.74 Å². The van der Waals surface area contributed by atoms with Crippen LogP contribution in [0, 0.1) is 5.92 Å². The molecule has 1 nitrogen and oxygen atoms in total. The summed E-state index contributed by atoms with van der Waals surface area (Å²) in [4.78, 5) is 0. The molecule has 2 fully saturated rings. The largest absolute Gasteiger partial charge is 0.364 e. The number of hydrogen-bond donors (Lipinski definition) is 0. The predicted molar refractivity (Wildman–Crippen MR) is 66.5 cm³/mol. The molecule has 1 saturated heterocycles. The summed E-state index contributed by atoms with van der Waals surface area (Å²) in [5.41, 5.74) is 3.04. The molecule has 0 spiro atoms. The first kappa shape index (κ1) is 9.67. The van der Waals surface area contributed by atoms with E-state index in [1.54, 1.807) is 5.56 Å². The van der Waals surface area contributed by atoms with E-state index in [2.05, 4.69) is 34.1 Å². The highest BCUT2D eigenvalue weighted by Crippen LogP contribution is 2.58. The molecule has 84 valence electrons. The van der Waals surface area contributed by atoms with Crippen LogP contribution in [0.5, 0.6) is 0 Å². The summed E-state index contributed by atoms with van der Waals surface area (Å²) < 4.78 is 7.10. The molecule has 0 N–H and O–H groups in total. The number of epoxide rings is 1. The van der Waals surface area contributed by atoms with E-state index < -0.39 is 0 Å². The van der Waals surface area contributed by atoms with Crippen molar-refractivity contribution in [2.75, 3.05) is 0 Å². The summed E-state index contributed by atoms with van der Waals surface area (Å²) in [7, 11) is 0. The summed E-state index contributed by atoms with van der Waals surface area (Å²) in [5.74, 6) is 1.59. The molecular formula is C14H15BrO. The lowest BCUT2D eigenvalue weighted by molar-refractivity contribution is 0.237. The monoisotopic (exact) mass is 278 g/mol. The first-order chi connectivity index (χ1) is 7.84. The molecule has 1 aromatic rings. The average Bonchev–Trinajstić information content (AvgIpc) is 3.09. The van der Waals surface area contributed by atoms with Crippen molar-refractivity contribution in [3.8, 4) is 0 Å². The highest BCUT2D eigenvalue weighted by atomic mass is 79.9. The van der Waals surface area contributed by atoms with E-state index in [1.807, 2.05) is 0 Å². The Bertz CT molecular complexity index is 442. The number of benzene rings is 1. The van der Waals surface area contributed by atoms with Crippen molar-refractivity contribution in [2.45, 2.75) is 43.8 Å². The second-order valence-electron chi connectivity index (χ2n) is 5.35. The Labute approximate surface area is 104 Å². The third-order valence-corrected chi connectivity index (χ3v) is 5.02. The topological polar surface area (TPSA) is 12.5 Å². The van der Waals surface area contributed by atoms with Crippen molar-refractivity contribution in [1.29, 1.82) is 0 Å². The van der Waals surface area contributed by atoms with Crippen LogP contribution in [-0.2, 0) is 4.74 Å². The molecule has 0 unspecified atom stereocenters. The SMILES string of the molecule is Brc1ccc2c(c1)[C@H]1O[C@H]1[C@H]1CCCC[C@H]21. The maximum Gasteiger partial charge on any atom is 0.110 e. The van der Waals surface area contributed by atoms with E-state index in [9.17, 15) is 0 Å². The lowest BCUT2D eigenvalue weighted by atomic mass is 9.68. The van der Waals surface area contributed by atoms with E-state index in [-0.39, 0.29) is 0 Å². The fourth-order valence-electron chi connectivity index (χ4n) is 3.77. The molecule has 2 heteroatoms. The molecule has 1 aromatic carbocycles. The summed E-state index contributed by atoms with van der Waals surface area (Å²) >= 11 is 3.57. The van der Waals surface area contributed by atoms with E-state index in [1.165, 1.54) is 35.7 Å². The summed E-state index contributed by atoms with van der Waals surface area (Å²) in [6.07, 6.45) is 6.51. The van der Waals surface area contributed by atoms with E-state index in [0.717, 1.165) is 11.8 Å². The molecule has 4 rings (SSSR count). The molecule has 0 radical (unpaired) electrons. The van der Waals surface area contributed by atoms with Gasteiger partial charge in [-0.05, 0) is 47.9 Å². The molecule has 0 aromatic heterocycles. The van der Waals surface area contributed by atoms with Crippen molar-refractivity contribution in [3.05, 3.63) is 33.8 Å². The first-order valence-electron chi connectivity index (χ1n) is 6.29. The molecule has 0 bridgehead atoms. The van der Waals surface area contributed by atoms with Crippen LogP contribution in [0.2, 0.25) is 0 Å². The van der Waals surface area contributed by atoms with Crippen LogP contribution in [0.4, 0.5) is 0 Å². The van der Waals surface area contributed by atoms with Gasteiger partial charge in [-0.2, -0.15) is 0 Å². The number of ether oxygens (including phenoxy) is 1. The van der Waals surface area contributed by atoms with Gasteiger partial charge in [-0.15, -0.1) is 0 Å². The number of rotatable bonds is 0. The quantitative estimate of drug-likeness (QED) is 0.649. The van der Waals surface area contributed by atoms with Crippen LogP contribution < -0.4 is 0 Å². The molecule has 1 saturated carbocycles. The lowest BCUT2D eigenvalue weighted by Gasteiger charge is -2.35. The van der Waals surface area contributed by atoms with Gasteiger partial charge in [0.15, 0.2) is 0 Å². The highest BCUT2D eigenvalue weighted by Gasteiger charge is 2.54. The maximum absolute atomic E-state index is 5.91. The minimum Gasteiger partial charge on any atom is -0.364 e. The zero-order valence-electron chi connectivity index (χ0n) is 9.16. The van der Waals surface area contributed by atoms with Gasteiger partial charge in [-0.25, -0.2) is 0 Å². The van der Waals surface area contributed by atoms with E-state index >= 15 is 0 Å².